The fourth-order valence-electron chi connectivity index (χ4n) is 4.46. The standard InChI is InChI=1S/C26H33N5O3S/c1-6-31(7-2)35(33,34)20-9-11-24-23(15-20)29-25(30(24)5)12-13-26(32)27-16-19-8-10-22-21(14-19)17(3)18(4)28-22/h8-11,14-15,28H,6-7,12-13,16H2,1-5H3,(H,27,32). The largest absolute Gasteiger partial charge is 0.358 e. The number of hydrogen-bond acceptors (Lipinski definition) is 4. The molecule has 0 bridgehead atoms. The molecule has 0 unspecified atom stereocenters. The monoisotopic (exact) mass is 495 g/mol. The van der Waals surface area contributed by atoms with Crippen molar-refractivity contribution in [1.29, 1.82) is 0 Å². The highest BCUT2D eigenvalue weighted by Gasteiger charge is 2.22. The molecule has 0 aliphatic heterocycles. The number of hydrogen-bond donors (Lipinski definition) is 2. The van der Waals surface area contributed by atoms with E-state index in [4.69, 9.17) is 0 Å². The van der Waals surface area contributed by atoms with Crippen LogP contribution in [0, 0.1) is 13.8 Å². The van der Waals surface area contributed by atoms with Crippen molar-refractivity contribution >= 4 is 37.9 Å². The predicted octanol–water partition coefficient (Wildman–Crippen LogP) is 3.95. The Morgan fingerprint density at radius 2 is 1.86 bits per heavy atom. The van der Waals surface area contributed by atoms with Crippen molar-refractivity contribution in [3.8, 4) is 0 Å². The Kier molecular flexibility index (Phi) is 7.00. The van der Waals surface area contributed by atoms with E-state index in [-0.39, 0.29) is 10.8 Å². The summed E-state index contributed by atoms with van der Waals surface area (Å²) in [4.78, 5) is 20.8. The number of sulfonamides is 1. The van der Waals surface area contributed by atoms with Crippen LogP contribution in [0.5, 0.6) is 0 Å². The number of imidazole rings is 1. The molecule has 0 saturated carbocycles. The van der Waals surface area contributed by atoms with E-state index in [1.165, 1.54) is 15.3 Å². The maximum atomic E-state index is 12.9. The summed E-state index contributed by atoms with van der Waals surface area (Å²) in [7, 11) is -1.67. The average molecular weight is 496 g/mol. The summed E-state index contributed by atoms with van der Waals surface area (Å²) in [5.74, 6) is 0.691. The van der Waals surface area contributed by atoms with Gasteiger partial charge in [-0.15, -0.1) is 0 Å². The Morgan fingerprint density at radius 3 is 2.57 bits per heavy atom. The third-order valence-electron chi connectivity index (χ3n) is 6.73. The summed E-state index contributed by atoms with van der Waals surface area (Å²) < 4.78 is 29.1. The number of aromatic nitrogens is 3. The number of nitrogens with one attached hydrogen (secondary N) is 2. The van der Waals surface area contributed by atoms with Crippen LogP contribution in [-0.2, 0) is 34.8 Å². The van der Waals surface area contributed by atoms with Crippen molar-refractivity contribution in [3.63, 3.8) is 0 Å². The summed E-state index contributed by atoms with van der Waals surface area (Å²) in [6.45, 7) is 9.09. The maximum Gasteiger partial charge on any atom is 0.243 e. The smallest absolute Gasteiger partial charge is 0.243 e. The van der Waals surface area contributed by atoms with Gasteiger partial charge in [-0.1, -0.05) is 19.9 Å². The van der Waals surface area contributed by atoms with Crippen LogP contribution in [-0.4, -0.2) is 46.3 Å². The number of carbonyl (C=O) groups excluding carboxylic acids is 1. The Balaban J connectivity index is 1.42. The lowest BCUT2D eigenvalue weighted by Gasteiger charge is -2.18. The minimum Gasteiger partial charge on any atom is -0.358 e. The molecule has 0 atom stereocenters. The van der Waals surface area contributed by atoms with Crippen molar-refractivity contribution < 1.29 is 13.2 Å². The molecule has 0 aliphatic rings. The van der Waals surface area contributed by atoms with Gasteiger partial charge in [0, 0.05) is 56.1 Å². The zero-order chi connectivity index (χ0) is 25.3. The van der Waals surface area contributed by atoms with Gasteiger partial charge in [0.2, 0.25) is 15.9 Å². The normalized spacial score (nSPS) is 12.2. The molecule has 4 aromatic rings. The number of H-pyrrole nitrogens is 1. The van der Waals surface area contributed by atoms with Crippen molar-refractivity contribution in [3.05, 3.63) is 59.0 Å². The number of nitrogens with zero attached hydrogens (tertiary/aromatic N) is 3. The van der Waals surface area contributed by atoms with Crippen LogP contribution in [0.15, 0.2) is 41.3 Å². The lowest BCUT2D eigenvalue weighted by Crippen LogP contribution is -2.30. The Hall–Kier alpha value is -3.17. The summed E-state index contributed by atoms with van der Waals surface area (Å²) >= 11 is 0. The molecule has 8 nitrogen and oxygen atoms in total. The van der Waals surface area contributed by atoms with Crippen molar-refractivity contribution in [1.82, 2.24) is 24.2 Å². The summed E-state index contributed by atoms with van der Waals surface area (Å²) in [6.07, 6.45) is 0.761. The van der Waals surface area contributed by atoms with Gasteiger partial charge < -0.3 is 14.9 Å². The second kappa shape index (κ2) is 9.83. The van der Waals surface area contributed by atoms with Crippen LogP contribution in [0.4, 0.5) is 0 Å². The summed E-state index contributed by atoms with van der Waals surface area (Å²) in [6, 6.07) is 11.2. The third-order valence-corrected chi connectivity index (χ3v) is 8.77. The van der Waals surface area contributed by atoms with Gasteiger partial charge in [0.15, 0.2) is 0 Å². The minimum absolute atomic E-state index is 0.0519. The Bertz CT molecular complexity index is 1500. The fraction of sp³-hybridized carbons (Fsp3) is 0.385. The molecule has 186 valence electrons. The highest BCUT2D eigenvalue weighted by atomic mass is 32.2. The zero-order valence-electron chi connectivity index (χ0n) is 21.0. The minimum atomic E-state index is -3.55. The van der Waals surface area contributed by atoms with Gasteiger partial charge in [-0.05, 0) is 55.3 Å². The first-order valence-corrected chi connectivity index (χ1v) is 13.4. The predicted molar refractivity (Wildman–Crippen MR) is 139 cm³/mol. The van der Waals surface area contributed by atoms with E-state index < -0.39 is 10.0 Å². The molecule has 2 N–H and O–H groups in total. The molecule has 2 aromatic carbocycles. The molecular weight excluding hydrogens is 462 g/mol. The van der Waals surface area contributed by atoms with E-state index in [1.807, 2.05) is 37.6 Å². The number of aromatic amines is 1. The molecule has 0 radical (unpaired) electrons. The van der Waals surface area contributed by atoms with Gasteiger partial charge in [0.25, 0.3) is 0 Å². The molecule has 4 rings (SSSR count). The van der Waals surface area contributed by atoms with Crippen molar-refractivity contribution in [2.45, 2.75) is 52.0 Å². The molecular formula is C26H33N5O3S. The first-order chi connectivity index (χ1) is 16.6. The summed E-state index contributed by atoms with van der Waals surface area (Å²) in [5, 5.41) is 4.17. The van der Waals surface area contributed by atoms with Crippen LogP contribution in [0.1, 0.15) is 42.9 Å². The van der Waals surface area contributed by atoms with E-state index in [0.29, 0.717) is 38.0 Å². The van der Waals surface area contributed by atoms with E-state index in [9.17, 15) is 13.2 Å². The number of carbonyl (C=O) groups is 1. The zero-order valence-corrected chi connectivity index (χ0v) is 21.8. The number of rotatable bonds is 9. The molecule has 2 aromatic heterocycles. The second-order valence-electron chi connectivity index (χ2n) is 8.86. The number of benzene rings is 2. The second-order valence-corrected chi connectivity index (χ2v) is 10.8. The van der Waals surface area contributed by atoms with Gasteiger partial charge in [-0.25, -0.2) is 13.4 Å². The number of fused-ring (bicyclic) bond motifs is 2. The number of aryl methyl sites for hydroxylation is 4. The number of amides is 1. The molecule has 9 heteroatoms. The van der Waals surface area contributed by atoms with E-state index in [2.05, 4.69) is 35.2 Å². The first-order valence-electron chi connectivity index (χ1n) is 12.0. The topological polar surface area (TPSA) is 100 Å². The van der Waals surface area contributed by atoms with Crippen LogP contribution in [0.25, 0.3) is 21.9 Å². The first kappa shape index (κ1) is 24.9. The summed E-state index contributed by atoms with van der Waals surface area (Å²) in [5.41, 5.74) is 5.98. The highest BCUT2D eigenvalue weighted by molar-refractivity contribution is 7.89. The fourth-order valence-corrected chi connectivity index (χ4v) is 5.94. The van der Waals surface area contributed by atoms with Crippen LogP contribution < -0.4 is 5.32 Å². The van der Waals surface area contributed by atoms with Crippen LogP contribution in [0.2, 0.25) is 0 Å². The van der Waals surface area contributed by atoms with Gasteiger partial charge in [0.1, 0.15) is 5.82 Å². The molecule has 0 saturated heterocycles. The molecule has 0 spiro atoms. The van der Waals surface area contributed by atoms with Gasteiger partial charge in [-0.2, -0.15) is 4.31 Å². The molecule has 0 aliphatic carbocycles. The maximum absolute atomic E-state index is 12.9. The molecule has 2 heterocycles. The van der Waals surface area contributed by atoms with Crippen LogP contribution >= 0.6 is 0 Å². The quantitative estimate of drug-likeness (QED) is 0.367. The third kappa shape index (κ3) is 4.83. The molecule has 35 heavy (non-hydrogen) atoms. The lowest BCUT2D eigenvalue weighted by molar-refractivity contribution is -0.121. The van der Waals surface area contributed by atoms with Gasteiger partial charge in [0.05, 0.1) is 15.9 Å². The van der Waals surface area contributed by atoms with Crippen molar-refractivity contribution in [2.24, 2.45) is 7.05 Å². The Morgan fingerprint density at radius 1 is 1.11 bits per heavy atom. The highest BCUT2D eigenvalue weighted by Crippen LogP contribution is 2.24. The molecule has 0 fully saturated rings. The van der Waals surface area contributed by atoms with Gasteiger partial charge in [-0.3, -0.25) is 4.79 Å². The van der Waals surface area contributed by atoms with Crippen molar-refractivity contribution in [2.75, 3.05) is 13.1 Å². The Labute approximate surface area is 206 Å². The lowest BCUT2D eigenvalue weighted by atomic mass is 10.1. The van der Waals surface area contributed by atoms with E-state index in [0.717, 1.165) is 28.1 Å². The molecule has 1 amide bonds. The SMILES string of the molecule is CCN(CC)S(=O)(=O)c1ccc2c(c1)nc(CCC(=O)NCc1ccc3[nH]c(C)c(C)c3c1)n2C. The van der Waals surface area contributed by atoms with E-state index in [1.54, 1.807) is 18.2 Å². The van der Waals surface area contributed by atoms with Gasteiger partial charge >= 0.3 is 0 Å². The average Bonchev–Trinajstić information content (AvgIpc) is 3.31. The van der Waals surface area contributed by atoms with Crippen LogP contribution in [0.3, 0.4) is 0 Å². The van der Waals surface area contributed by atoms with E-state index >= 15 is 0 Å².